The van der Waals surface area contributed by atoms with Crippen LogP contribution in [0, 0.1) is 0 Å². The van der Waals surface area contributed by atoms with Crippen LogP contribution in [0.15, 0.2) is 24.4 Å². The van der Waals surface area contributed by atoms with Gasteiger partial charge in [-0.25, -0.2) is 9.97 Å². The predicted octanol–water partition coefficient (Wildman–Crippen LogP) is 4.04. The molecule has 4 rings (SSSR count). The Kier molecular flexibility index (Phi) is 5.33. The number of rotatable bonds is 4. The van der Waals surface area contributed by atoms with Crippen LogP contribution in [-0.2, 0) is 6.18 Å². The number of likely N-dealkylation sites (N-methyl/N-ethyl adjacent to an activating group) is 1. The van der Waals surface area contributed by atoms with Gasteiger partial charge in [0.05, 0.1) is 11.3 Å². The van der Waals surface area contributed by atoms with E-state index in [-0.39, 0.29) is 11.7 Å². The van der Waals surface area contributed by atoms with Crippen molar-refractivity contribution in [3.63, 3.8) is 0 Å². The maximum Gasteiger partial charge on any atom is 0.416 e. The van der Waals surface area contributed by atoms with Crippen LogP contribution in [0.2, 0.25) is 0 Å². The normalized spacial score (nSPS) is 23.0. The maximum absolute atomic E-state index is 13.0. The zero-order chi connectivity index (χ0) is 20.6. The van der Waals surface area contributed by atoms with Gasteiger partial charge in [-0.05, 0) is 51.9 Å². The SMILES string of the molecule is CC1CCCN1c1nc(Nc2cc(C(F)(F)F)ccn2)cc(C2CCN(C)C2)n1. The van der Waals surface area contributed by atoms with Crippen LogP contribution in [-0.4, -0.2) is 52.6 Å². The molecule has 6 nitrogen and oxygen atoms in total. The molecule has 0 saturated carbocycles. The summed E-state index contributed by atoms with van der Waals surface area (Å²) >= 11 is 0. The lowest BCUT2D eigenvalue weighted by molar-refractivity contribution is -0.137. The minimum Gasteiger partial charge on any atom is -0.338 e. The summed E-state index contributed by atoms with van der Waals surface area (Å²) in [4.78, 5) is 17.9. The number of hydrogen-bond acceptors (Lipinski definition) is 6. The Hall–Kier alpha value is -2.42. The number of halogens is 3. The average Bonchev–Trinajstić information content (AvgIpc) is 3.29. The molecule has 0 aromatic carbocycles. The Morgan fingerprint density at radius 2 is 1.93 bits per heavy atom. The van der Waals surface area contributed by atoms with Gasteiger partial charge >= 0.3 is 6.18 Å². The van der Waals surface area contributed by atoms with Gasteiger partial charge in [0.15, 0.2) is 0 Å². The summed E-state index contributed by atoms with van der Waals surface area (Å²) in [5.41, 5.74) is 0.183. The Labute approximate surface area is 168 Å². The second-order valence-corrected chi connectivity index (χ2v) is 7.96. The van der Waals surface area contributed by atoms with Gasteiger partial charge in [-0.15, -0.1) is 0 Å². The van der Waals surface area contributed by atoms with E-state index in [1.165, 1.54) is 0 Å². The molecule has 2 saturated heterocycles. The van der Waals surface area contributed by atoms with Crippen molar-refractivity contribution >= 4 is 17.6 Å². The number of nitrogens with one attached hydrogen (secondary N) is 1. The summed E-state index contributed by atoms with van der Waals surface area (Å²) in [6.45, 7) is 4.94. The molecular weight excluding hydrogens is 381 g/mol. The van der Waals surface area contributed by atoms with Crippen LogP contribution >= 0.6 is 0 Å². The van der Waals surface area contributed by atoms with E-state index in [4.69, 9.17) is 4.98 Å². The lowest BCUT2D eigenvalue weighted by Gasteiger charge is -2.23. The average molecular weight is 406 g/mol. The van der Waals surface area contributed by atoms with Crippen molar-refractivity contribution in [2.45, 2.75) is 44.3 Å². The molecule has 2 aliphatic heterocycles. The summed E-state index contributed by atoms with van der Waals surface area (Å²) in [5, 5.41) is 2.97. The zero-order valence-corrected chi connectivity index (χ0v) is 16.6. The van der Waals surface area contributed by atoms with Crippen LogP contribution in [0.4, 0.5) is 30.8 Å². The van der Waals surface area contributed by atoms with Crippen molar-refractivity contribution < 1.29 is 13.2 Å². The molecular formula is C20H25F3N6. The lowest BCUT2D eigenvalue weighted by Crippen LogP contribution is -2.29. The first-order valence-electron chi connectivity index (χ1n) is 9.94. The third kappa shape index (κ3) is 4.44. The first-order chi connectivity index (χ1) is 13.8. The molecule has 2 fully saturated rings. The molecule has 2 atom stereocenters. The molecule has 0 aliphatic carbocycles. The molecule has 2 unspecified atom stereocenters. The Morgan fingerprint density at radius 1 is 1.10 bits per heavy atom. The number of aromatic nitrogens is 3. The number of pyridine rings is 1. The molecule has 9 heteroatoms. The van der Waals surface area contributed by atoms with Crippen LogP contribution in [0.3, 0.4) is 0 Å². The Bertz CT molecular complexity index is 872. The second-order valence-electron chi connectivity index (χ2n) is 7.96. The number of nitrogens with zero attached hydrogens (tertiary/aromatic N) is 5. The first-order valence-corrected chi connectivity index (χ1v) is 9.94. The van der Waals surface area contributed by atoms with Crippen LogP contribution < -0.4 is 10.2 Å². The monoisotopic (exact) mass is 406 g/mol. The van der Waals surface area contributed by atoms with Gasteiger partial charge in [-0.1, -0.05) is 0 Å². The van der Waals surface area contributed by atoms with Crippen molar-refractivity contribution in [2.75, 3.05) is 36.9 Å². The smallest absolute Gasteiger partial charge is 0.338 e. The highest BCUT2D eigenvalue weighted by atomic mass is 19.4. The molecule has 1 N–H and O–H groups in total. The summed E-state index contributed by atoms with van der Waals surface area (Å²) in [6, 6.07) is 4.15. The van der Waals surface area contributed by atoms with Crippen LogP contribution in [0.25, 0.3) is 0 Å². The molecule has 2 aromatic rings. The zero-order valence-electron chi connectivity index (χ0n) is 16.6. The first kappa shape index (κ1) is 19.9. The van der Waals surface area contributed by atoms with E-state index in [0.717, 1.165) is 62.9 Å². The molecule has 0 bridgehead atoms. The highest BCUT2D eigenvalue weighted by Gasteiger charge is 2.31. The van der Waals surface area contributed by atoms with Crippen molar-refractivity contribution in [3.8, 4) is 0 Å². The van der Waals surface area contributed by atoms with E-state index in [9.17, 15) is 13.2 Å². The van der Waals surface area contributed by atoms with Gasteiger partial charge in [0.2, 0.25) is 5.95 Å². The minimum atomic E-state index is -4.42. The molecule has 4 heterocycles. The number of alkyl halides is 3. The van der Waals surface area contributed by atoms with Gasteiger partial charge in [0.1, 0.15) is 11.6 Å². The Morgan fingerprint density at radius 3 is 2.59 bits per heavy atom. The van der Waals surface area contributed by atoms with E-state index in [0.29, 0.717) is 17.8 Å². The van der Waals surface area contributed by atoms with Gasteiger partial charge in [0, 0.05) is 37.3 Å². The third-order valence-corrected chi connectivity index (χ3v) is 5.70. The van der Waals surface area contributed by atoms with Crippen molar-refractivity contribution in [3.05, 3.63) is 35.7 Å². The maximum atomic E-state index is 13.0. The second kappa shape index (κ2) is 7.78. The fourth-order valence-corrected chi connectivity index (χ4v) is 4.07. The lowest BCUT2D eigenvalue weighted by atomic mass is 10.0. The van der Waals surface area contributed by atoms with E-state index < -0.39 is 11.7 Å². The third-order valence-electron chi connectivity index (χ3n) is 5.70. The predicted molar refractivity (Wildman–Crippen MR) is 105 cm³/mol. The summed E-state index contributed by atoms with van der Waals surface area (Å²) in [5.74, 6) is 1.52. The van der Waals surface area contributed by atoms with Gasteiger partial charge < -0.3 is 15.1 Å². The van der Waals surface area contributed by atoms with Crippen molar-refractivity contribution in [2.24, 2.45) is 0 Å². The fourth-order valence-electron chi connectivity index (χ4n) is 4.07. The van der Waals surface area contributed by atoms with Gasteiger partial charge in [0.25, 0.3) is 0 Å². The molecule has 0 spiro atoms. The number of hydrogen-bond donors (Lipinski definition) is 1. The topological polar surface area (TPSA) is 57.2 Å². The molecule has 2 aliphatic rings. The molecule has 29 heavy (non-hydrogen) atoms. The molecule has 156 valence electrons. The number of anilines is 3. The molecule has 0 radical (unpaired) electrons. The van der Waals surface area contributed by atoms with Crippen molar-refractivity contribution in [1.29, 1.82) is 0 Å². The van der Waals surface area contributed by atoms with E-state index >= 15 is 0 Å². The summed E-state index contributed by atoms with van der Waals surface area (Å²) in [7, 11) is 2.08. The highest BCUT2D eigenvalue weighted by molar-refractivity contribution is 5.56. The Balaban J connectivity index is 1.67. The minimum absolute atomic E-state index is 0.119. The van der Waals surface area contributed by atoms with Gasteiger partial charge in [-0.3, -0.25) is 0 Å². The number of likely N-dealkylation sites (tertiary alicyclic amines) is 1. The molecule has 0 amide bonds. The largest absolute Gasteiger partial charge is 0.416 e. The standard InChI is InChI=1S/C20H25F3N6/c1-13-4-3-8-29(13)19-25-16(14-6-9-28(2)12-14)11-18(27-19)26-17-10-15(5-7-24-17)20(21,22)23/h5,7,10-11,13-14H,3-4,6,8-9,12H2,1-2H3,(H,24,25,26,27). The highest BCUT2D eigenvalue weighted by Crippen LogP contribution is 2.32. The quantitative estimate of drug-likeness (QED) is 0.827. The van der Waals surface area contributed by atoms with Crippen molar-refractivity contribution in [1.82, 2.24) is 19.9 Å². The van der Waals surface area contributed by atoms with E-state index in [2.05, 4.69) is 39.1 Å². The van der Waals surface area contributed by atoms with Crippen LogP contribution in [0.1, 0.15) is 43.4 Å². The molecule has 2 aromatic heterocycles. The van der Waals surface area contributed by atoms with E-state index in [1.807, 2.05) is 6.07 Å². The fraction of sp³-hybridized carbons (Fsp3) is 0.550. The van der Waals surface area contributed by atoms with E-state index in [1.54, 1.807) is 0 Å². The summed E-state index contributed by atoms with van der Waals surface area (Å²) < 4.78 is 39.1. The van der Waals surface area contributed by atoms with Gasteiger partial charge in [-0.2, -0.15) is 18.2 Å². The van der Waals surface area contributed by atoms with Crippen LogP contribution in [0.5, 0.6) is 0 Å². The summed E-state index contributed by atoms with van der Waals surface area (Å²) in [6.07, 6.45) is -0.0935.